The lowest BCUT2D eigenvalue weighted by Crippen LogP contribution is -2.43. The van der Waals surface area contributed by atoms with Gasteiger partial charge in [0.2, 0.25) is 0 Å². The molecule has 1 fully saturated rings. The van der Waals surface area contributed by atoms with E-state index in [1.807, 2.05) is 6.92 Å². The van der Waals surface area contributed by atoms with E-state index in [2.05, 4.69) is 17.2 Å². The van der Waals surface area contributed by atoms with Crippen LogP contribution in [-0.4, -0.2) is 39.0 Å². The van der Waals surface area contributed by atoms with Crippen LogP contribution in [0.1, 0.15) is 13.3 Å². The fourth-order valence-corrected chi connectivity index (χ4v) is 1.40. The first kappa shape index (κ1) is 10.5. The Morgan fingerprint density at radius 2 is 2.46 bits per heavy atom. The van der Waals surface area contributed by atoms with E-state index in [-0.39, 0.29) is 5.60 Å². The second-order valence-electron chi connectivity index (χ2n) is 3.22. The Morgan fingerprint density at radius 1 is 1.62 bits per heavy atom. The predicted octanol–water partition coefficient (Wildman–Crippen LogP) is 0.405. The van der Waals surface area contributed by atoms with Gasteiger partial charge in [-0.3, -0.25) is 0 Å². The van der Waals surface area contributed by atoms with Gasteiger partial charge in [-0.05, 0) is 6.92 Å². The van der Waals surface area contributed by atoms with Gasteiger partial charge in [0, 0.05) is 26.7 Å². The number of hydrogen-bond donors (Lipinski definition) is 1. The highest BCUT2D eigenvalue weighted by atomic mass is 16.5. The van der Waals surface area contributed by atoms with Crippen LogP contribution in [0.25, 0.3) is 0 Å². The molecule has 1 saturated heterocycles. The molecule has 0 aromatic rings. The minimum Gasteiger partial charge on any atom is -0.378 e. The van der Waals surface area contributed by atoms with E-state index in [0.29, 0.717) is 6.61 Å². The molecule has 1 aliphatic heterocycles. The Labute approximate surface area is 79.8 Å². The zero-order valence-electron chi connectivity index (χ0n) is 8.35. The topological polar surface area (TPSA) is 30.5 Å². The minimum absolute atomic E-state index is 0.116. The summed E-state index contributed by atoms with van der Waals surface area (Å²) in [5.41, 5.74) is -0.116. The summed E-state index contributed by atoms with van der Waals surface area (Å²) in [6.45, 7) is 4.87. The first-order valence-electron chi connectivity index (χ1n) is 4.56. The molecule has 1 aliphatic rings. The fourth-order valence-electron chi connectivity index (χ4n) is 1.40. The third-order valence-corrected chi connectivity index (χ3v) is 2.34. The van der Waals surface area contributed by atoms with E-state index < -0.39 is 0 Å². The normalized spacial score (nSPS) is 26.9. The van der Waals surface area contributed by atoms with Crippen LogP contribution in [0.15, 0.2) is 0 Å². The molecule has 0 saturated carbocycles. The Morgan fingerprint density at radius 3 is 3.00 bits per heavy atom. The summed E-state index contributed by atoms with van der Waals surface area (Å²) in [6.07, 6.45) is 0.968. The highest BCUT2D eigenvalue weighted by molar-refractivity contribution is 4.98. The third-order valence-electron chi connectivity index (χ3n) is 2.34. The molecule has 3 heteroatoms. The van der Waals surface area contributed by atoms with Crippen molar-refractivity contribution in [2.45, 2.75) is 18.9 Å². The molecule has 13 heavy (non-hydrogen) atoms. The molecule has 1 N–H and O–H groups in total. The molecule has 0 bridgehead atoms. The van der Waals surface area contributed by atoms with Gasteiger partial charge in [-0.2, -0.15) is 0 Å². The van der Waals surface area contributed by atoms with Crippen LogP contribution in [0.5, 0.6) is 0 Å². The van der Waals surface area contributed by atoms with Crippen molar-refractivity contribution in [1.82, 2.24) is 5.32 Å². The van der Waals surface area contributed by atoms with Crippen molar-refractivity contribution in [2.24, 2.45) is 0 Å². The first-order chi connectivity index (χ1) is 6.33. The average Bonchev–Trinajstić information content (AvgIpc) is 2.62. The van der Waals surface area contributed by atoms with Gasteiger partial charge in [0.1, 0.15) is 5.60 Å². The van der Waals surface area contributed by atoms with Crippen molar-refractivity contribution in [2.75, 3.05) is 33.4 Å². The quantitative estimate of drug-likeness (QED) is 0.505. The second-order valence-corrected chi connectivity index (χ2v) is 3.22. The van der Waals surface area contributed by atoms with Gasteiger partial charge in [-0.1, -0.05) is 5.92 Å². The van der Waals surface area contributed by atoms with Crippen LogP contribution in [0.3, 0.4) is 0 Å². The summed E-state index contributed by atoms with van der Waals surface area (Å²) < 4.78 is 10.8. The Hall–Kier alpha value is -0.560. The zero-order valence-corrected chi connectivity index (χ0v) is 8.35. The summed E-state index contributed by atoms with van der Waals surface area (Å²) >= 11 is 0. The maximum Gasteiger partial charge on any atom is 0.106 e. The highest BCUT2D eigenvalue weighted by Crippen LogP contribution is 2.21. The zero-order chi connectivity index (χ0) is 9.57. The summed E-state index contributed by atoms with van der Waals surface area (Å²) in [5.74, 6) is 5.80. The molecule has 0 aliphatic carbocycles. The summed E-state index contributed by atoms with van der Waals surface area (Å²) in [4.78, 5) is 0. The highest BCUT2D eigenvalue weighted by Gasteiger charge is 2.34. The minimum atomic E-state index is -0.116. The summed E-state index contributed by atoms with van der Waals surface area (Å²) in [5, 5.41) is 3.24. The van der Waals surface area contributed by atoms with Crippen LogP contribution in [0, 0.1) is 11.8 Å². The number of nitrogens with one attached hydrogen (secondary N) is 1. The Balaban J connectivity index is 2.26. The molecule has 0 aromatic carbocycles. The molecule has 74 valence electrons. The SMILES string of the molecule is CC#CCNCC1(OC)CCOC1. The molecular weight excluding hydrogens is 166 g/mol. The lowest BCUT2D eigenvalue weighted by molar-refractivity contribution is -0.0150. The van der Waals surface area contributed by atoms with E-state index in [0.717, 1.165) is 26.1 Å². The molecule has 1 heterocycles. The maximum atomic E-state index is 5.44. The van der Waals surface area contributed by atoms with E-state index in [9.17, 15) is 0 Å². The van der Waals surface area contributed by atoms with Crippen LogP contribution in [-0.2, 0) is 9.47 Å². The smallest absolute Gasteiger partial charge is 0.106 e. The van der Waals surface area contributed by atoms with E-state index in [1.165, 1.54) is 0 Å². The fraction of sp³-hybridized carbons (Fsp3) is 0.800. The van der Waals surface area contributed by atoms with Crippen LogP contribution in [0.4, 0.5) is 0 Å². The van der Waals surface area contributed by atoms with Crippen LogP contribution in [0.2, 0.25) is 0 Å². The Kier molecular flexibility index (Phi) is 4.23. The third kappa shape index (κ3) is 3.00. The number of hydrogen-bond acceptors (Lipinski definition) is 3. The van der Waals surface area contributed by atoms with Gasteiger partial charge < -0.3 is 14.8 Å². The van der Waals surface area contributed by atoms with Crippen molar-refractivity contribution in [3.05, 3.63) is 0 Å². The van der Waals surface area contributed by atoms with E-state index in [4.69, 9.17) is 9.47 Å². The molecule has 0 amide bonds. The predicted molar refractivity (Wildman–Crippen MR) is 51.5 cm³/mol. The van der Waals surface area contributed by atoms with Gasteiger partial charge in [-0.15, -0.1) is 5.92 Å². The largest absolute Gasteiger partial charge is 0.378 e. The molecule has 3 nitrogen and oxygen atoms in total. The number of methoxy groups -OCH3 is 1. The lowest BCUT2D eigenvalue weighted by Gasteiger charge is -2.25. The Bertz CT molecular complexity index is 199. The van der Waals surface area contributed by atoms with E-state index in [1.54, 1.807) is 7.11 Å². The van der Waals surface area contributed by atoms with Crippen molar-refractivity contribution in [1.29, 1.82) is 0 Å². The van der Waals surface area contributed by atoms with Crippen molar-refractivity contribution in [3.8, 4) is 11.8 Å². The molecule has 0 aromatic heterocycles. The van der Waals surface area contributed by atoms with Crippen LogP contribution < -0.4 is 5.32 Å². The molecule has 1 atom stereocenters. The van der Waals surface area contributed by atoms with Gasteiger partial charge in [0.05, 0.1) is 13.2 Å². The molecular formula is C10H17NO2. The number of ether oxygens (including phenoxy) is 2. The van der Waals surface area contributed by atoms with Gasteiger partial charge in [0.15, 0.2) is 0 Å². The van der Waals surface area contributed by atoms with Crippen molar-refractivity contribution < 1.29 is 9.47 Å². The van der Waals surface area contributed by atoms with E-state index >= 15 is 0 Å². The second kappa shape index (κ2) is 5.23. The van der Waals surface area contributed by atoms with Crippen molar-refractivity contribution >= 4 is 0 Å². The van der Waals surface area contributed by atoms with Gasteiger partial charge in [0.25, 0.3) is 0 Å². The van der Waals surface area contributed by atoms with Crippen LogP contribution >= 0.6 is 0 Å². The number of rotatable bonds is 4. The first-order valence-corrected chi connectivity index (χ1v) is 4.56. The lowest BCUT2D eigenvalue weighted by atomic mass is 10.0. The monoisotopic (exact) mass is 183 g/mol. The average molecular weight is 183 g/mol. The molecule has 0 radical (unpaired) electrons. The van der Waals surface area contributed by atoms with Crippen molar-refractivity contribution in [3.63, 3.8) is 0 Å². The molecule has 1 unspecified atom stereocenters. The maximum absolute atomic E-state index is 5.44. The molecule has 1 rings (SSSR count). The summed E-state index contributed by atoms with van der Waals surface area (Å²) in [7, 11) is 1.74. The van der Waals surface area contributed by atoms with Gasteiger partial charge >= 0.3 is 0 Å². The standard InChI is InChI=1S/C10H17NO2/c1-3-4-6-11-8-10(12-2)5-7-13-9-10/h11H,5-9H2,1-2H3. The molecule has 0 spiro atoms. The summed E-state index contributed by atoms with van der Waals surface area (Å²) in [6, 6.07) is 0. The van der Waals surface area contributed by atoms with Gasteiger partial charge in [-0.25, -0.2) is 0 Å².